The fourth-order valence-electron chi connectivity index (χ4n) is 2.33. The van der Waals surface area contributed by atoms with E-state index in [2.05, 4.69) is 21.7 Å². The van der Waals surface area contributed by atoms with Gasteiger partial charge in [-0.1, -0.05) is 29.3 Å². The predicted molar refractivity (Wildman–Crippen MR) is 94.5 cm³/mol. The molecule has 2 unspecified atom stereocenters. The Morgan fingerprint density at radius 1 is 1.20 bits per heavy atom. The Hall–Kier alpha value is -2.62. The number of benzene rings is 1. The molecule has 8 heteroatoms. The zero-order valence-electron chi connectivity index (χ0n) is 12.8. The number of rotatable bonds is 4. The molecule has 2 aromatic rings. The van der Waals surface area contributed by atoms with Gasteiger partial charge in [-0.05, 0) is 24.6 Å². The topological polar surface area (TPSA) is 94.9 Å². The van der Waals surface area contributed by atoms with Gasteiger partial charge in [0.15, 0.2) is 0 Å². The first kappa shape index (κ1) is 17.2. The van der Waals surface area contributed by atoms with Crippen LogP contribution in [-0.4, -0.2) is 16.8 Å². The number of hydrogen-bond acceptors (Lipinski definition) is 4. The van der Waals surface area contributed by atoms with E-state index in [1.54, 1.807) is 24.3 Å². The SMILES string of the molecule is N#CC1CC1C(=O)Nc1cc(NC(=O)c2c(Cl)cccc2Cl)ccn1. The van der Waals surface area contributed by atoms with Crippen molar-refractivity contribution in [3.8, 4) is 6.07 Å². The molecule has 0 saturated heterocycles. The lowest BCUT2D eigenvalue weighted by molar-refractivity contribution is -0.117. The van der Waals surface area contributed by atoms with Crippen LogP contribution in [0.1, 0.15) is 16.8 Å². The van der Waals surface area contributed by atoms with Crippen molar-refractivity contribution in [2.45, 2.75) is 6.42 Å². The molecule has 0 aliphatic heterocycles. The number of pyridine rings is 1. The summed E-state index contributed by atoms with van der Waals surface area (Å²) in [6.45, 7) is 0. The molecular formula is C17H12Cl2N4O2. The monoisotopic (exact) mass is 374 g/mol. The zero-order chi connectivity index (χ0) is 18.0. The molecule has 3 rings (SSSR count). The van der Waals surface area contributed by atoms with Crippen LogP contribution in [0.25, 0.3) is 0 Å². The third-order valence-electron chi connectivity index (χ3n) is 3.75. The molecule has 126 valence electrons. The van der Waals surface area contributed by atoms with E-state index >= 15 is 0 Å². The van der Waals surface area contributed by atoms with Crippen LogP contribution in [-0.2, 0) is 4.79 Å². The van der Waals surface area contributed by atoms with Crippen molar-refractivity contribution in [1.82, 2.24) is 4.98 Å². The van der Waals surface area contributed by atoms with Crippen molar-refractivity contribution in [1.29, 1.82) is 5.26 Å². The van der Waals surface area contributed by atoms with Gasteiger partial charge in [0.2, 0.25) is 5.91 Å². The molecule has 1 fully saturated rings. The van der Waals surface area contributed by atoms with E-state index < -0.39 is 5.91 Å². The van der Waals surface area contributed by atoms with Crippen LogP contribution in [0.4, 0.5) is 11.5 Å². The van der Waals surface area contributed by atoms with Gasteiger partial charge < -0.3 is 10.6 Å². The third kappa shape index (κ3) is 3.90. The van der Waals surface area contributed by atoms with Gasteiger partial charge in [0.25, 0.3) is 5.91 Å². The zero-order valence-corrected chi connectivity index (χ0v) is 14.3. The van der Waals surface area contributed by atoms with Gasteiger partial charge in [0.1, 0.15) is 5.82 Å². The quantitative estimate of drug-likeness (QED) is 0.851. The largest absolute Gasteiger partial charge is 0.322 e. The van der Waals surface area contributed by atoms with Crippen LogP contribution in [0.15, 0.2) is 36.5 Å². The molecular weight excluding hydrogens is 363 g/mol. The molecule has 1 aliphatic carbocycles. The molecule has 0 spiro atoms. The summed E-state index contributed by atoms with van der Waals surface area (Å²) >= 11 is 12.0. The number of halogens is 2. The molecule has 25 heavy (non-hydrogen) atoms. The van der Waals surface area contributed by atoms with E-state index in [0.29, 0.717) is 12.1 Å². The third-order valence-corrected chi connectivity index (χ3v) is 4.38. The van der Waals surface area contributed by atoms with Crippen molar-refractivity contribution >= 4 is 46.5 Å². The summed E-state index contributed by atoms with van der Waals surface area (Å²) in [5.74, 6) is -0.962. The Kier molecular flexibility index (Phi) is 4.88. The summed E-state index contributed by atoms with van der Waals surface area (Å²) in [5, 5.41) is 14.6. The maximum atomic E-state index is 12.4. The van der Waals surface area contributed by atoms with Gasteiger partial charge >= 0.3 is 0 Å². The van der Waals surface area contributed by atoms with Crippen LogP contribution in [0.5, 0.6) is 0 Å². The second-order valence-electron chi connectivity index (χ2n) is 5.55. The van der Waals surface area contributed by atoms with Gasteiger partial charge in [-0.25, -0.2) is 4.98 Å². The minimum atomic E-state index is -0.467. The minimum Gasteiger partial charge on any atom is -0.322 e. The van der Waals surface area contributed by atoms with Gasteiger partial charge in [-0.3, -0.25) is 9.59 Å². The highest BCUT2D eigenvalue weighted by Crippen LogP contribution is 2.38. The van der Waals surface area contributed by atoms with Crippen LogP contribution >= 0.6 is 23.2 Å². The van der Waals surface area contributed by atoms with Crippen molar-refractivity contribution < 1.29 is 9.59 Å². The highest BCUT2D eigenvalue weighted by atomic mass is 35.5. The van der Waals surface area contributed by atoms with Crippen LogP contribution < -0.4 is 10.6 Å². The van der Waals surface area contributed by atoms with E-state index in [-0.39, 0.29) is 39.2 Å². The summed E-state index contributed by atoms with van der Waals surface area (Å²) in [6, 6.07) is 9.94. The number of nitrogens with zero attached hydrogens (tertiary/aromatic N) is 2. The molecule has 2 atom stereocenters. The normalized spacial score (nSPS) is 18.1. The molecule has 1 aromatic carbocycles. The number of carbonyl (C=O) groups excluding carboxylic acids is 2. The van der Waals surface area contributed by atoms with E-state index in [1.807, 2.05) is 0 Å². The number of hydrogen-bond donors (Lipinski definition) is 2. The summed E-state index contributed by atoms with van der Waals surface area (Å²) in [7, 11) is 0. The van der Waals surface area contributed by atoms with Gasteiger partial charge in [0, 0.05) is 18.0 Å². The number of amides is 2. The number of carbonyl (C=O) groups is 2. The fourth-order valence-corrected chi connectivity index (χ4v) is 2.90. The van der Waals surface area contributed by atoms with E-state index in [0.717, 1.165) is 0 Å². The van der Waals surface area contributed by atoms with Crippen molar-refractivity contribution in [2.75, 3.05) is 10.6 Å². The Balaban J connectivity index is 1.71. The first-order chi connectivity index (χ1) is 12.0. The Morgan fingerprint density at radius 2 is 1.92 bits per heavy atom. The molecule has 1 aliphatic rings. The lowest BCUT2D eigenvalue weighted by Gasteiger charge is -2.10. The van der Waals surface area contributed by atoms with Crippen LogP contribution in [0, 0.1) is 23.2 Å². The second-order valence-corrected chi connectivity index (χ2v) is 6.36. The van der Waals surface area contributed by atoms with Crippen LogP contribution in [0.2, 0.25) is 10.0 Å². The average molecular weight is 375 g/mol. The Labute approximate surface area is 153 Å². The Morgan fingerprint density at radius 3 is 2.56 bits per heavy atom. The van der Waals surface area contributed by atoms with Crippen molar-refractivity contribution in [3.05, 3.63) is 52.1 Å². The summed E-state index contributed by atoms with van der Waals surface area (Å²) in [6.07, 6.45) is 2.01. The minimum absolute atomic E-state index is 0.170. The second kappa shape index (κ2) is 7.09. The maximum absolute atomic E-state index is 12.4. The van der Waals surface area contributed by atoms with Gasteiger partial charge in [0.05, 0.1) is 33.5 Å². The maximum Gasteiger partial charge on any atom is 0.258 e. The van der Waals surface area contributed by atoms with E-state index in [9.17, 15) is 9.59 Å². The average Bonchev–Trinajstić information content (AvgIpc) is 3.35. The summed E-state index contributed by atoms with van der Waals surface area (Å²) in [5.41, 5.74) is 0.599. The number of aromatic nitrogens is 1. The molecule has 0 bridgehead atoms. The highest BCUT2D eigenvalue weighted by molar-refractivity contribution is 6.40. The standard InChI is InChI=1S/C17H12Cl2N4O2/c18-12-2-1-3-13(19)15(12)17(25)22-10-4-5-21-14(7-10)23-16(24)11-6-9(11)8-20/h1-5,7,9,11H,6H2,(H2,21,22,23,24,25). The van der Waals surface area contributed by atoms with Gasteiger partial charge in [-0.15, -0.1) is 0 Å². The number of anilines is 2. The summed E-state index contributed by atoms with van der Waals surface area (Å²) in [4.78, 5) is 28.4. The fraction of sp³-hybridized carbons (Fsp3) is 0.176. The van der Waals surface area contributed by atoms with Crippen molar-refractivity contribution in [2.24, 2.45) is 11.8 Å². The number of nitriles is 1. The molecule has 1 saturated carbocycles. The highest BCUT2D eigenvalue weighted by Gasteiger charge is 2.43. The summed E-state index contributed by atoms with van der Waals surface area (Å²) < 4.78 is 0. The molecule has 2 N–H and O–H groups in total. The van der Waals surface area contributed by atoms with E-state index in [1.165, 1.54) is 12.3 Å². The Bertz CT molecular complexity index is 874. The molecule has 0 radical (unpaired) electrons. The molecule has 1 heterocycles. The van der Waals surface area contributed by atoms with Crippen LogP contribution in [0.3, 0.4) is 0 Å². The van der Waals surface area contributed by atoms with E-state index in [4.69, 9.17) is 28.5 Å². The molecule has 1 aromatic heterocycles. The number of nitrogens with one attached hydrogen (secondary N) is 2. The molecule has 2 amide bonds. The first-order valence-corrected chi connectivity index (χ1v) is 8.17. The first-order valence-electron chi connectivity index (χ1n) is 7.41. The van der Waals surface area contributed by atoms with Gasteiger partial charge in [-0.2, -0.15) is 5.26 Å². The lowest BCUT2D eigenvalue weighted by Crippen LogP contribution is -2.17. The molecule has 6 nitrogen and oxygen atoms in total. The van der Waals surface area contributed by atoms with Crippen molar-refractivity contribution in [3.63, 3.8) is 0 Å². The lowest BCUT2D eigenvalue weighted by atomic mass is 10.2. The smallest absolute Gasteiger partial charge is 0.258 e. The predicted octanol–water partition coefficient (Wildman–Crippen LogP) is 3.74.